The first kappa shape index (κ1) is 15.6. The highest BCUT2D eigenvalue weighted by atomic mass is 16.5. The molecule has 1 atom stereocenters. The van der Waals surface area contributed by atoms with Crippen LogP contribution in [0.1, 0.15) is 23.1 Å². The van der Waals surface area contributed by atoms with Gasteiger partial charge in [-0.05, 0) is 27.1 Å². The van der Waals surface area contributed by atoms with Crippen LogP contribution < -0.4 is 16.0 Å². The van der Waals surface area contributed by atoms with Crippen molar-refractivity contribution in [2.45, 2.75) is 19.5 Å². The maximum Gasteiger partial charge on any atom is 0.161 e. The van der Waals surface area contributed by atoms with Crippen molar-refractivity contribution in [3.05, 3.63) is 35.5 Å². The quantitative estimate of drug-likeness (QED) is 0.583. The molecule has 7 heteroatoms. The number of nitrogens with zero attached hydrogens (tertiary/aromatic N) is 3. The summed E-state index contributed by atoms with van der Waals surface area (Å²) in [5.74, 6) is 7.30. The summed E-state index contributed by atoms with van der Waals surface area (Å²) in [6.45, 7) is 3.53. The Balaban J connectivity index is 2.36. The van der Waals surface area contributed by atoms with E-state index in [1.54, 1.807) is 19.6 Å². The first-order valence-corrected chi connectivity index (χ1v) is 6.82. The second kappa shape index (κ2) is 6.75. The van der Waals surface area contributed by atoms with Crippen LogP contribution in [0.3, 0.4) is 0 Å². The van der Waals surface area contributed by atoms with Crippen LogP contribution in [0.5, 0.6) is 5.75 Å². The third-order valence-corrected chi connectivity index (χ3v) is 3.35. The third-order valence-electron chi connectivity index (χ3n) is 3.35. The van der Waals surface area contributed by atoms with Crippen molar-refractivity contribution in [1.82, 2.24) is 20.1 Å². The molecule has 0 aromatic carbocycles. The van der Waals surface area contributed by atoms with Gasteiger partial charge in [-0.25, -0.2) is 5.43 Å². The van der Waals surface area contributed by atoms with Gasteiger partial charge in [0.25, 0.3) is 0 Å². The van der Waals surface area contributed by atoms with Gasteiger partial charge in [-0.3, -0.25) is 10.5 Å². The molecule has 0 bridgehead atoms. The van der Waals surface area contributed by atoms with Crippen LogP contribution in [-0.4, -0.2) is 42.4 Å². The second-order valence-electron chi connectivity index (χ2n) is 5.21. The molecule has 0 radical (unpaired) electrons. The van der Waals surface area contributed by atoms with Crippen molar-refractivity contribution in [3.8, 4) is 5.75 Å². The summed E-state index contributed by atoms with van der Waals surface area (Å²) in [4.78, 5) is 2.10. The van der Waals surface area contributed by atoms with Gasteiger partial charge in [0.05, 0.1) is 32.2 Å². The molecule has 0 saturated carbocycles. The summed E-state index contributed by atoms with van der Waals surface area (Å²) in [7, 11) is 5.68. The van der Waals surface area contributed by atoms with Gasteiger partial charge in [-0.1, -0.05) is 0 Å². The Hall–Kier alpha value is -1.83. The number of ether oxygens (including phenoxy) is 1. The molecule has 2 rings (SSSR count). The number of nitrogens with one attached hydrogen (secondary N) is 1. The maximum absolute atomic E-state index is 5.75. The van der Waals surface area contributed by atoms with E-state index < -0.39 is 0 Å². The first-order valence-electron chi connectivity index (χ1n) is 6.82. The van der Waals surface area contributed by atoms with E-state index >= 15 is 0 Å². The predicted octanol–water partition coefficient (Wildman–Crippen LogP) is 0.907. The van der Waals surface area contributed by atoms with Gasteiger partial charge in [0.15, 0.2) is 5.75 Å². The zero-order valence-electron chi connectivity index (χ0n) is 13.0. The van der Waals surface area contributed by atoms with Crippen LogP contribution in [0.25, 0.3) is 0 Å². The molecule has 0 aliphatic rings. The number of aryl methyl sites for hydroxylation is 1. The Kier molecular flexibility index (Phi) is 5.00. The topological polar surface area (TPSA) is 81.5 Å². The highest BCUT2D eigenvalue weighted by Crippen LogP contribution is 2.30. The van der Waals surface area contributed by atoms with Crippen molar-refractivity contribution in [1.29, 1.82) is 0 Å². The molecule has 2 aromatic heterocycles. The van der Waals surface area contributed by atoms with Gasteiger partial charge >= 0.3 is 0 Å². The lowest BCUT2D eigenvalue weighted by atomic mass is 10.1. The minimum absolute atomic E-state index is 0.234. The van der Waals surface area contributed by atoms with Gasteiger partial charge in [-0.15, -0.1) is 0 Å². The van der Waals surface area contributed by atoms with Gasteiger partial charge in [0, 0.05) is 12.1 Å². The van der Waals surface area contributed by atoms with E-state index in [0.29, 0.717) is 5.75 Å². The van der Waals surface area contributed by atoms with Crippen molar-refractivity contribution >= 4 is 0 Å². The van der Waals surface area contributed by atoms with Crippen LogP contribution in [0.2, 0.25) is 0 Å². The normalized spacial score (nSPS) is 12.9. The Morgan fingerprint density at radius 1 is 1.52 bits per heavy atom. The molecule has 7 nitrogen and oxygen atoms in total. The molecule has 0 amide bonds. The molecule has 1 unspecified atom stereocenters. The number of likely N-dealkylation sites (N-methyl/N-ethyl adjacent to an activating group) is 1. The lowest BCUT2D eigenvalue weighted by Crippen LogP contribution is -2.31. The van der Waals surface area contributed by atoms with Gasteiger partial charge in [-0.2, -0.15) is 5.10 Å². The number of hydrogen-bond donors (Lipinski definition) is 2. The maximum atomic E-state index is 5.75. The van der Waals surface area contributed by atoms with Crippen LogP contribution in [0.4, 0.5) is 0 Å². The summed E-state index contributed by atoms with van der Waals surface area (Å²) in [6, 6.07) is 1.72. The molecule has 0 saturated heterocycles. The lowest BCUT2D eigenvalue weighted by Gasteiger charge is -2.19. The van der Waals surface area contributed by atoms with E-state index in [4.69, 9.17) is 15.0 Å². The Bertz CT molecular complexity index is 576. The fourth-order valence-electron chi connectivity index (χ4n) is 2.25. The van der Waals surface area contributed by atoms with Crippen molar-refractivity contribution in [3.63, 3.8) is 0 Å². The third kappa shape index (κ3) is 3.44. The minimum atomic E-state index is -0.234. The largest absolute Gasteiger partial charge is 0.493 e. The molecule has 0 aliphatic carbocycles. The predicted molar refractivity (Wildman–Crippen MR) is 79.9 cm³/mol. The van der Waals surface area contributed by atoms with Crippen LogP contribution in [0, 0.1) is 6.92 Å². The van der Waals surface area contributed by atoms with E-state index in [9.17, 15) is 0 Å². The smallest absolute Gasteiger partial charge is 0.161 e. The monoisotopic (exact) mass is 293 g/mol. The second-order valence-corrected chi connectivity index (χ2v) is 5.21. The number of furan rings is 1. The molecule has 2 aromatic rings. The molecular weight excluding hydrogens is 270 g/mol. The van der Waals surface area contributed by atoms with E-state index in [1.807, 2.05) is 31.8 Å². The van der Waals surface area contributed by atoms with Crippen molar-refractivity contribution < 1.29 is 9.15 Å². The average Bonchev–Trinajstić information content (AvgIpc) is 3.05. The minimum Gasteiger partial charge on any atom is -0.493 e. The van der Waals surface area contributed by atoms with Crippen molar-refractivity contribution in [2.24, 2.45) is 5.84 Å². The highest BCUT2D eigenvalue weighted by Gasteiger charge is 2.24. The van der Waals surface area contributed by atoms with E-state index in [1.165, 1.54) is 0 Å². The number of rotatable bonds is 7. The highest BCUT2D eigenvalue weighted by molar-refractivity contribution is 5.35. The SMILES string of the molecule is COc1cnn(CCN(C)C)c1C(NN)c1coc(C)c1. The molecule has 0 fully saturated rings. The summed E-state index contributed by atoms with van der Waals surface area (Å²) in [5, 5.41) is 4.40. The van der Waals surface area contributed by atoms with Crippen LogP contribution in [0.15, 0.2) is 22.9 Å². The number of nitrogens with two attached hydrogens (primary N) is 1. The van der Waals surface area contributed by atoms with Crippen LogP contribution in [-0.2, 0) is 6.54 Å². The van der Waals surface area contributed by atoms with E-state index in [0.717, 1.165) is 30.1 Å². The number of hydrazine groups is 1. The zero-order chi connectivity index (χ0) is 15.4. The fourth-order valence-corrected chi connectivity index (χ4v) is 2.25. The number of aromatic nitrogens is 2. The zero-order valence-corrected chi connectivity index (χ0v) is 13.0. The lowest BCUT2D eigenvalue weighted by molar-refractivity contribution is 0.359. The Morgan fingerprint density at radius 3 is 2.81 bits per heavy atom. The van der Waals surface area contributed by atoms with E-state index in [-0.39, 0.29) is 6.04 Å². The van der Waals surface area contributed by atoms with Gasteiger partial charge in [0.2, 0.25) is 0 Å². The van der Waals surface area contributed by atoms with Crippen LogP contribution >= 0.6 is 0 Å². The average molecular weight is 293 g/mol. The van der Waals surface area contributed by atoms with Crippen molar-refractivity contribution in [2.75, 3.05) is 27.7 Å². The van der Waals surface area contributed by atoms with Gasteiger partial charge in [0.1, 0.15) is 11.5 Å². The molecule has 0 spiro atoms. The number of methoxy groups -OCH3 is 1. The summed E-state index contributed by atoms with van der Waals surface area (Å²) < 4.78 is 12.7. The molecule has 2 heterocycles. The molecular formula is C14H23N5O2. The molecule has 0 aliphatic heterocycles. The van der Waals surface area contributed by atoms with E-state index in [2.05, 4.69) is 15.4 Å². The summed E-state index contributed by atoms with van der Waals surface area (Å²) >= 11 is 0. The first-order chi connectivity index (χ1) is 10.1. The molecule has 116 valence electrons. The van der Waals surface area contributed by atoms with Gasteiger partial charge < -0.3 is 14.1 Å². The molecule has 21 heavy (non-hydrogen) atoms. The Morgan fingerprint density at radius 2 is 2.29 bits per heavy atom. The summed E-state index contributed by atoms with van der Waals surface area (Å²) in [5.41, 5.74) is 4.66. The standard InChI is InChI=1S/C14H23N5O2/c1-10-7-11(9-21-10)13(17-15)14-12(20-4)8-16-19(14)6-5-18(2)3/h7-9,13,17H,5-6,15H2,1-4H3. The number of hydrogen-bond acceptors (Lipinski definition) is 6. The Labute approximate surface area is 124 Å². The summed E-state index contributed by atoms with van der Waals surface area (Å²) in [6.07, 6.45) is 3.41. The molecule has 3 N–H and O–H groups in total. The fraction of sp³-hybridized carbons (Fsp3) is 0.500.